The number of rotatable bonds is 3. The molecule has 1 fully saturated rings. The topological polar surface area (TPSA) is 29.9 Å². The van der Waals surface area contributed by atoms with Crippen LogP contribution in [-0.4, -0.2) is 16.8 Å². The molecule has 0 amide bonds. The lowest BCUT2D eigenvalue weighted by Crippen LogP contribution is -2.08. The Bertz CT molecular complexity index is 285. The molecule has 0 saturated heterocycles. The van der Waals surface area contributed by atoms with Crippen molar-refractivity contribution in [2.75, 3.05) is 7.05 Å². The number of nitrogens with one attached hydrogen (secondary N) is 1. The van der Waals surface area contributed by atoms with Gasteiger partial charge in [-0.2, -0.15) is 5.10 Å². The Morgan fingerprint density at radius 3 is 2.73 bits per heavy atom. The summed E-state index contributed by atoms with van der Waals surface area (Å²) in [7, 11) is 1.98. The fourth-order valence-corrected chi connectivity index (χ4v) is 2.39. The van der Waals surface area contributed by atoms with Crippen LogP contribution in [-0.2, 0) is 6.54 Å². The van der Waals surface area contributed by atoms with E-state index in [1.54, 1.807) is 0 Å². The van der Waals surface area contributed by atoms with Crippen LogP contribution in [0.15, 0.2) is 12.4 Å². The second kappa shape index (κ2) is 5.31. The van der Waals surface area contributed by atoms with Crippen LogP contribution in [0, 0.1) is 0 Å². The quantitative estimate of drug-likeness (QED) is 0.772. The second-order valence-corrected chi connectivity index (χ2v) is 4.50. The molecule has 0 aliphatic heterocycles. The molecule has 1 aliphatic carbocycles. The molecule has 1 aromatic rings. The first kappa shape index (κ1) is 10.7. The van der Waals surface area contributed by atoms with E-state index in [2.05, 4.69) is 21.3 Å². The second-order valence-electron chi connectivity index (χ2n) is 4.50. The highest BCUT2D eigenvalue weighted by atomic mass is 15.3. The Balaban J connectivity index is 2.00. The normalized spacial score (nSPS) is 19.0. The molecule has 0 bridgehead atoms. The monoisotopic (exact) mass is 207 g/mol. The minimum absolute atomic E-state index is 0.651. The SMILES string of the molecule is CNCc1cnn(C2CCCCCC2)c1. The maximum Gasteiger partial charge on any atom is 0.0534 e. The van der Waals surface area contributed by atoms with Crippen molar-refractivity contribution in [3.8, 4) is 0 Å². The molecular formula is C12H21N3. The molecule has 1 saturated carbocycles. The minimum Gasteiger partial charge on any atom is -0.316 e. The number of nitrogens with zero attached hydrogens (tertiary/aromatic N) is 2. The van der Waals surface area contributed by atoms with E-state index in [9.17, 15) is 0 Å². The lowest BCUT2D eigenvalue weighted by atomic mass is 10.1. The van der Waals surface area contributed by atoms with E-state index in [1.807, 2.05) is 13.2 Å². The fraction of sp³-hybridized carbons (Fsp3) is 0.750. The van der Waals surface area contributed by atoms with Crippen LogP contribution in [0.4, 0.5) is 0 Å². The van der Waals surface area contributed by atoms with Gasteiger partial charge >= 0.3 is 0 Å². The van der Waals surface area contributed by atoms with Crippen molar-refractivity contribution >= 4 is 0 Å². The van der Waals surface area contributed by atoms with Gasteiger partial charge in [0.15, 0.2) is 0 Å². The molecule has 0 unspecified atom stereocenters. The van der Waals surface area contributed by atoms with Crippen LogP contribution in [0.5, 0.6) is 0 Å². The summed E-state index contributed by atoms with van der Waals surface area (Å²) in [5, 5.41) is 7.64. The zero-order chi connectivity index (χ0) is 10.5. The predicted octanol–water partition coefficient (Wildman–Crippen LogP) is 2.50. The van der Waals surface area contributed by atoms with Gasteiger partial charge in [0, 0.05) is 18.3 Å². The predicted molar refractivity (Wildman–Crippen MR) is 61.7 cm³/mol. The average Bonchev–Trinajstić information content (AvgIpc) is 2.53. The van der Waals surface area contributed by atoms with Crippen molar-refractivity contribution in [1.82, 2.24) is 15.1 Å². The Morgan fingerprint density at radius 1 is 1.33 bits per heavy atom. The molecule has 1 N–H and O–H groups in total. The molecule has 0 radical (unpaired) electrons. The zero-order valence-corrected chi connectivity index (χ0v) is 9.58. The molecule has 0 aromatic carbocycles. The highest BCUT2D eigenvalue weighted by molar-refractivity contribution is 5.03. The first-order valence-electron chi connectivity index (χ1n) is 6.08. The van der Waals surface area contributed by atoms with Crippen LogP contribution < -0.4 is 5.32 Å². The van der Waals surface area contributed by atoms with Crippen molar-refractivity contribution in [3.63, 3.8) is 0 Å². The van der Waals surface area contributed by atoms with Crippen molar-refractivity contribution in [2.24, 2.45) is 0 Å². The molecule has 15 heavy (non-hydrogen) atoms. The van der Waals surface area contributed by atoms with Crippen molar-refractivity contribution in [2.45, 2.75) is 51.1 Å². The van der Waals surface area contributed by atoms with E-state index in [1.165, 1.54) is 44.1 Å². The summed E-state index contributed by atoms with van der Waals surface area (Å²) in [6, 6.07) is 0.651. The van der Waals surface area contributed by atoms with Gasteiger partial charge in [0.05, 0.1) is 12.2 Å². The molecule has 1 aromatic heterocycles. The summed E-state index contributed by atoms with van der Waals surface area (Å²) < 4.78 is 2.18. The van der Waals surface area contributed by atoms with E-state index in [0.717, 1.165) is 6.54 Å². The van der Waals surface area contributed by atoms with Gasteiger partial charge < -0.3 is 5.32 Å². The van der Waals surface area contributed by atoms with E-state index in [-0.39, 0.29) is 0 Å². The molecule has 1 aliphatic rings. The van der Waals surface area contributed by atoms with Gasteiger partial charge in [0.2, 0.25) is 0 Å². The first-order valence-corrected chi connectivity index (χ1v) is 6.08. The van der Waals surface area contributed by atoms with Crippen LogP contribution in [0.2, 0.25) is 0 Å². The van der Waals surface area contributed by atoms with Crippen LogP contribution in [0.1, 0.15) is 50.1 Å². The summed E-state index contributed by atoms with van der Waals surface area (Å²) in [4.78, 5) is 0. The summed E-state index contributed by atoms with van der Waals surface area (Å²) in [6.45, 7) is 0.923. The first-order chi connectivity index (χ1) is 7.40. The van der Waals surface area contributed by atoms with Crippen molar-refractivity contribution < 1.29 is 0 Å². The van der Waals surface area contributed by atoms with E-state index in [0.29, 0.717) is 6.04 Å². The molecule has 0 atom stereocenters. The number of aromatic nitrogens is 2. The van der Waals surface area contributed by atoms with Gasteiger partial charge in [-0.25, -0.2) is 0 Å². The lowest BCUT2D eigenvalue weighted by molar-refractivity contribution is 0.405. The third-order valence-corrected chi connectivity index (χ3v) is 3.23. The van der Waals surface area contributed by atoms with E-state index in [4.69, 9.17) is 0 Å². The molecule has 3 heteroatoms. The maximum atomic E-state index is 4.48. The van der Waals surface area contributed by atoms with Gasteiger partial charge in [-0.1, -0.05) is 25.7 Å². The Hall–Kier alpha value is -0.830. The Kier molecular flexibility index (Phi) is 3.78. The van der Waals surface area contributed by atoms with E-state index < -0.39 is 0 Å². The fourth-order valence-electron chi connectivity index (χ4n) is 2.39. The van der Waals surface area contributed by atoms with Gasteiger partial charge in [-0.3, -0.25) is 4.68 Å². The largest absolute Gasteiger partial charge is 0.316 e. The van der Waals surface area contributed by atoms with Crippen LogP contribution in [0.3, 0.4) is 0 Å². The maximum absolute atomic E-state index is 4.48. The lowest BCUT2D eigenvalue weighted by Gasteiger charge is -2.14. The molecular weight excluding hydrogens is 186 g/mol. The summed E-state index contributed by atoms with van der Waals surface area (Å²) in [6.07, 6.45) is 12.3. The molecule has 2 rings (SSSR count). The molecule has 0 spiro atoms. The van der Waals surface area contributed by atoms with E-state index >= 15 is 0 Å². The Labute approximate surface area is 91.9 Å². The standard InChI is InChI=1S/C12H21N3/c1-13-8-11-9-14-15(10-11)12-6-4-2-3-5-7-12/h9-10,12-13H,2-8H2,1H3. The van der Waals surface area contributed by atoms with Gasteiger partial charge in [-0.05, 0) is 19.9 Å². The average molecular weight is 207 g/mol. The highest BCUT2D eigenvalue weighted by Gasteiger charge is 2.14. The molecule has 3 nitrogen and oxygen atoms in total. The zero-order valence-electron chi connectivity index (χ0n) is 9.58. The van der Waals surface area contributed by atoms with Crippen molar-refractivity contribution in [1.29, 1.82) is 0 Å². The number of hydrogen-bond acceptors (Lipinski definition) is 2. The summed E-state index contributed by atoms with van der Waals surface area (Å²) in [5.74, 6) is 0. The smallest absolute Gasteiger partial charge is 0.0534 e. The highest BCUT2D eigenvalue weighted by Crippen LogP contribution is 2.26. The third kappa shape index (κ3) is 2.81. The third-order valence-electron chi connectivity index (χ3n) is 3.23. The summed E-state index contributed by atoms with van der Waals surface area (Å²) in [5.41, 5.74) is 1.29. The minimum atomic E-state index is 0.651. The van der Waals surface area contributed by atoms with Gasteiger partial charge in [0.25, 0.3) is 0 Å². The van der Waals surface area contributed by atoms with Gasteiger partial charge in [-0.15, -0.1) is 0 Å². The molecule has 1 heterocycles. The summed E-state index contributed by atoms with van der Waals surface area (Å²) >= 11 is 0. The van der Waals surface area contributed by atoms with Gasteiger partial charge in [0.1, 0.15) is 0 Å². The van der Waals surface area contributed by atoms with Crippen molar-refractivity contribution in [3.05, 3.63) is 18.0 Å². The Morgan fingerprint density at radius 2 is 2.07 bits per heavy atom. The van der Waals surface area contributed by atoms with Crippen LogP contribution >= 0.6 is 0 Å². The molecule has 84 valence electrons. The van der Waals surface area contributed by atoms with Crippen LogP contribution in [0.25, 0.3) is 0 Å². The number of hydrogen-bond donors (Lipinski definition) is 1.